The number of nitrogens with one attached hydrogen (secondary N) is 1. The van der Waals surface area contributed by atoms with Crippen LogP contribution < -0.4 is 5.32 Å². The standard InChI is InChI=1S/C12H20BrNS/c1-9(2)5-4-6-14-10(3)12-7-11(13)8-15-12/h7-10,14H,4-6H2,1-3H3. The van der Waals surface area contributed by atoms with E-state index in [1.54, 1.807) is 0 Å². The summed E-state index contributed by atoms with van der Waals surface area (Å²) in [6.45, 7) is 7.90. The van der Waals surface area contributed by atoms with E-state index in [-0.39, 0.29) is 0 Å². The van der Waals surface area contributed by atoms with Gasteiger partial charge in [-0.25, -0.2) is 0 Å². The molecule has 0 fully saturated rings. The summed E-state index contributed by atoms with van der Waals surface area (Å²) >= 11 is 5.30. The molecule has 1 nitrogen and oxygen atoms in total. The van der Waals surface area contributed by atoms with E-state index in [0.29, 0.717) is 6.04 Å². The monoisotopic (exact) mass is 289 g/mol. The molecule has 0 aromatic carbocycles. The molecule has 86 valence electrons. The Morgan fingerprint density at radius 2 is 2.13 bits per heavy atom. The summed E-state index contributed by atoms with van der Waals surface area (Å²) in [4.78, 5) is 1.41. The van der Waals surface area contributed by atoms with Crippen molar-refractivity contribution in [2.45, 2.75) is 39.7 Å². The van der Waals surface area contributed by atoms with Gasteiger partial charge in [-0.1, -0.05) is 13.8 Å². The fraction of sp³-hybridized carbons (Fsp3) is 0.667. The van der Waals surface area contributed by atoms with Gasteiger partial charge in [-0.3, -0.25) is 0 Å². The average molecular weight is 290 g/mol. The average Bonchev–Trinajstić information content (AvgIpc) is 2.59. The minimum absolute atomic E-state index is 0.480. The van der Waals surface area contributed by atoms with Gasteiger partial charge in [0.15, 0.2) is 0 Å². The second-order valence-corrected chi connectivity index (χ2v) is 6.24. The smallest absolute Gasteiger partial charge is 0.0386 e. The normalized spacial score (nSPS) is 13.4. The van der Waals surface area contributed by atoms with Gasteiger partial charge in [-0.2, -0.15) is 0 Å². The molecule has 0 bridgehead atoms. The van der Waals surface area contributed by atoms with Gasteiger partial charge >= 0.3 is 0 Å². The van der Waals surface area contributed by atoms with E-state index >= 15 is 0 Å². The molecule has 0 spiro atoms. The van der Waals surface area contributed by atoms with Crippen LogP contribution in [0.4, 0.5) is 0 Å². The topological polar surface area (TPSA) is 12.0 Å². The highest BCUT2D eigenvalue weighted by Crippen LogP contribution is 2.25. The van der Waals surface area contributed by atoms with Gasteiger partial charge < -0.3 is 5.32 Å². The molecule has 1 atom stereocenters. The maximum absolute atomic E-state index is 3.56. The first-order chi connectivity index (χ1) is 7.09. The number of halogens is 1. The Balaban J connectivity index is 2.21. The number of rotatable bonds is 6. The lowest BCUT2D eigenvalue weighted by Gasteiger charge is -2.12. The lowest BCUT2D eigenvalue weighted by atomic mass is 10.1. The molecular weight excluding hydrogens is 270 g/mol. The molecule has 0 radical (unpaired) electrons. The highest BCUT2D eigenvalue weighted by molar-refractivity contribution is 9.10. The quantitative estimate of drug-likeness (QED) is 0.755. The summed E-state index contributed by atoms with van der Waals surface area (Å²) in [5.41, 5.74) is 0. The van der Waals surface area contributed by atoms with Crippen LogP contribution in [0.15, 0.2) is 15.9 Å². The van der Waals surface area contributed by atoms with E-state index < -0.39 is 0 Å². The fourth-order valence-corrected chi connectivity index (χ4v) is 2.96. The van der Waals surface area contributed by atoms with Crippen molar-refractivity contribution in [3.05, 3.63) is 20.8 Å². The van der Waals surface area contributed by atoms with Gasteiger partial charge in [-0.15, -0.1) is 11.3 Å². The van der Waals surface area contributed by atoms with Crippen LogP contribution in [0.3, 0.4) is 0 Å². The molecular formula is C12H20BrNS. The third-order valence-electron chi connectivity index (χ3n) is 2.42. The van der Waals surface area contributed by atoms with Gasteiger partial charge in [0.1, 0.15) is 0 Å². The van der Waals surface area contributed by atoms with Crippen LogP contribution in [-0.4, -0.2) is 6.54 Å². The van der Waals surface area contributed by atoms with Crippen molar-refractivity contribution in [2.75, 3.05) is 6.54 Å². The molecule has 0 amide bonds. The Morgan fingerprint density at radius 3 is 2.67 bits per heavy atom. The van der Waals surface area contributed by atoms with Gasteiger partial charge in [0.05, 0.1) is 0 Å². The first-order valence-corrected chi connectivity index (χ1v) is 7.24. The zero-order valence-electron chi connectivity index (χ0n) is 9.72. The lowest BCUT2D eigenvalue weighted by molar-refractivity contribution is 0.500. The van der Waals surface area contributed by atoms with Crippen molar-refractivity contribution in [1.82, 2.24) is 5.32 Å². The Kier molecular flexibility index (Phi) is 5.87. The van der Waals surface area contributed by atoms with Crippen LogP contribution >= 0.6 is 27.3 Å². The minimum atomic E-state index is 0.480. The Morgan fingerprint density at radius 1 is 1.40 bits per heavy atom. The Hall–Kier alpha value is 0.140. The van der Waals surface area contributed by atoms with E-state index in [4.69, 9.17) is 0 Å². The van der Waals surface area contributed by atoms with E-state index in [1.807, 2.05) is 11.3 Å². The summed E-state index contributed by atoms with van der Waals surface area (Å²) < 4.78 is 1.19. The SMILES string of the molecule is CC(C)CCCNC(C)c1cc(Br)cs1. The number of hydrogen-bond donors (Lipinski definition) is 1. The largest absolute Gasteiger partial charge is 0.309 e. The molecule has 0 saturated heterocycles. The first-order valence-electron chi connectivity index (χ1n) is 5.57. The molecule has 3 heteroatoms. The summed E-state index contributed by atoms with van der Waals surface area (Å²) in [5.74, 6) is 0.818. The molecule has 1 N–H and O–H groups in total. The van der Waals surface area contributed by atoms with Gasteiger partial charge in [-0.05, 0) is 54.2 Å². The molecule has 1 heterocycles. The third-order valence-corrected chi connectivity index (χ3v) is 4.30. The predicted molar refractivity (Wildman–Crippen MR) is 72.5 cm³/mol. The summed E-state index contributed by atoms with van der Waals surface area (Å²) in [6, 6.07) is 2.68. The van der Waals surface area contributed by atoms with E-state index in [9.17, 15) is 0 Å². The van der Waals surface area contributed by atoms with Crippen molar-refractivity contribution >= 4 is 27.3 Å². The fourth-order valence-electron chi connectivity index (χ4n) is 1.48. The van der Waals surface area contributed by atoms with E-state index in [1.165, 1.54) is 22.2 Å². The molecule has 0 aliphatic rings. The molecule has 1 aromatic heterocycles. The predicted octanol–water partition coefficient (Wildman–Crippen LogP) is 4.60. The van der Waals surface area contributed by atoms with Crippen molar-refractivity contribution in [3.63, 3.8) is 0 Å². The van der Waals surface area contributed by atoms with E-state index in [2.05, 4.69) is 53.5 Å². The number of thiophene rings is 1. The maximum Gasteiger partial charge on any atom is 0.0386 e. The van der Waals surface area contributed by atoms with Crippen LogP contribution in [0.2, 0.25) is 0 Å². The Bertz CT molecular complexity index is 283. The van der Waals surface area contributed by atoms with Crippen LogP contribution in [0.5, 0.6) is 0 Å². The lowest BCUT2D eigenvalue weighted by Crippen LogP contribution is -2.19. The first kappa shape index (κ1) is 13.2. The zero-order chi connectivity index (χ0) is 11.3. The minimum Gasteiger partial charge on any atom is -0.309 e. The molecule has 0 aliphatic carbocycles. The highest BCUT2D eigenvalue weighted by atomic mass is 79.9. The van der Waals surface area contributed by atoms with Crippen molar-refractivity contribution in [1.29, 1.82) is 0 Å². The summed E-state index contributed by atoms with van der Waals surface area (Å²) in [7, 11) is 0. The zero-order valence-corrected chi connectivity index (χ0v) is 12.1. The maximum atomic E-state index is 3.56. The van der Waals surface area contributed by atoms with Crippen molar-refractivity contribution in [3.8, 4) is 0 Å². The molecule has 0 saturated carbocycles. The van der Waals surface area contributed by atoms with Crippen LogP contribution in [0.1, 0.15) is 44.5 Å². The number of hydrogen-bond acceptors (Lipinski definition) is 2. The molecule has 1 aromatic rings. The van der Waals surface area contributed by atoms with Gasteiger partial charge in [0.2, 0.25) is 0 Å². The second kappa shape index (κ2) is 6.66. The molecule has 1 rings (SSSR count). The summed E-state index contributed by atoms with van der Waals surface area (Å²) in [6.07, 6.45) is 2.59. The molecule has 15 heavy (non-hydrogen) atoms. The van der Waals surface area contributed by atoms with Gasteiger partial charge in [0, 0.05) is 20.8 Å². The molecule has 0 aliphatic heterocycles. The van der Waals surface area contributed by atoms with Crippen LogP contribution in [-0.2, 0) is 0 Å². The Labute approximate surface area is 105 Å². The van der Waals surface area contributed by atoms with E-state index in [0.717, 1.165) is 12.5 Å². The van der Waals surface area contributed by atoms with Crippen LogP contribution in [0, 0.1) is 5.92 Å². The van der Waals surface area contributed by atoms with Crippen LogP contribution in [0.25, 0.3) is 0 Å². The van der Waals surface area contributed by atoms with Crippen molar-refractivity contribution < 1.29 is 0 Å². The van der Waals surface area contributed by atoms with Gasteiger partial charge in [0.25, 0.3) is 0 Å². The molecule has 1 unspecified atom stereocenters. The summed E-state index contributed by atoms with van der Waals surface area (Å²) in [5, 5.41) is 5.70. The second-order valence-electron chi connectivity index (χ2n) is 4.38. The highest BCUT2D eigenvalue weighted by Gasteiger charge is 2.06. The third kappa shape index (κ3) is 5.14. The van der Waals surface area contributed by atoms with Crippen molar-refractivity contribution in [2.24, 2.45) is 5.92 Å².